The molecule has 0 radical (unpaired) electrons. The lowest BCUT2D eigenvalue weighted by atomic mass is 9.91. The van der Waals surface area contributed by atoms with Crippen LogP contribution in [-0.4, -0.2) is 63.9 Å². The van der Waals surface area contributed by atoms with Gasteiger partial charge in [0.15, 0.2) is 0 Å². The minimum Gasteiger partial charge on any atom is -0.351 e. The van der Waals surface area contributed by atoms with Gasteiger partial charge in [-0.05, 0) is 64.8 Å². The lowest BCUT2D eigenvalue weighted by molar-refractivity contribution is -0.133. The Labute approximate surface area is 210 Å². The van der Waals surface area contributed by atoms with Crippen molar-refractivity contribution in [2.75, 3.05) is 20.1 Å². The van der Waals surface area contributed by atoms with Gasteiger partial charge in [-0.3, -0.25) is 9.59 Å². The SMILES string of the molecule is CN(CCCN1C(=O)c2cc3ccccc3n2C[C@@]1(C)C(=O)NC1CCCCC1)C1CCCCC1. The molecule has 5 rings (SSSR count). The Morgan fingerprint density at radius 3 is 2.49 bits per heavy atom. The maximum Gasteiger partial charge on any atom is 0.271 e. The van der Waals surface area contributed by atoms with Gasteiger partial charge < -0.3 is 19.7 Å². The van der Waals surface area contributed by atoms with Crippen LogP contribution in [0.3, 0.4) is 0 Å². The van der Waals surface area contributed by atoms with Gasteiger partial charge in [-0.15, -0.1) is 0 Å². The standard InChI is InChI=1S/C29H42N4O2/c1-29(28(35)30-23-13-5-3-6-14-23)21-32-25-17-10-9-12-22(25)20-26(32)27(34)33(29)19-11-18-31(2)24-15-7-4-8-16-24/h9-10,12,17,20,23-24H,3-8,11,13-16,18-19,21H2,1-2H3,(H,30,35)/t29-/m0/s1. The van der Waals surface area contributed by atoms with Gasteiger partial charge in [0.2, 0.25) is 5.91 Å². The summed E-state index contributed by atoms with van der Waals surface area (Å²) in [7, 11) is 2.22. The summed E-state index contributed by atoms with van der Waals surface area (Å²) in [6, 6.07) is 11.0. The van der Waals surface area contributed by atoms with Crippen molar-refractivity contribution in [2.24, 2.45) is 0 Å². The molecular weight excluding hydrogens is 436 g/mol. The van der Waals surface area contributed by atoms with Crippen LogP contribution in [0.15, 0.2) is 30.3 Å². The first-order valence-corrected chi connectivity index (χ1v) is 13.9. The van der Waals surface area contributed by atoms with E-state index in [0.717, 1.165) is 36.7 Å². The van der Waals surface area contributed by atoms with Crippen LogP contribution in [0.1, 0.15) is 88.0 Å². The number of aromatic nitrogens is 1. The normalized spacial score (nSPS) is 24.2. The highest BCUT2D eigenvalue weighted by atomic mass is 16.2. The van der Waals surface area contributed by atoms with Gasteiger partial charge in [0, 0.05) is 29.5 Å². The molecule has 1 atom stereocenters. The van der Waals surface area contributed by atoms with Crippen LogP contribution in [0.5, 0.6) is 0 Å². The minimum absolute atomic E-state index is 0.00168. The Balaban J connectivity index is 1.37. The number of nitrogens with one attached hydrogen (secondary N) is 1. The Morgan fingerprint density at radius 1 is 1.06 bits per heavy atom. The highest BCUT2D eigenvalue weighted by molar-refractivity contribution is 6.03. The zero-order valence-corrected chi connectivity index (χ0v) is 21.6. The Morgan fingerprint density at radius 2 is 1.74 bits per heavy atom. The summed E-state index contributed by atoms with van der Waals surface area (Å²) in [6.45, 7) is 4.04. The summed E-state index contributed by atoms with van der Waals surface area (Å²) in [5.74, 6) is -0.0177. The van der Waals surface area contributed by atoms with Gasteiger partial charge >= 0.3 is 0 Å². The molecule has 2 amide bonds. The number of fused-ring (bicyclic) bond motifs is 3. The Bertz CT molecular complexity index is 1050. The lowest BCUT2D eigenvalue weighted by Gasteiger charge is -2.45. The fourth-order valence-corrected chi connectivity index (χ4v) is 6.63. The molecule has 1 N–H and O–H groups in total. The van der Waals surface area contributed by atoms with Crippen LogP contribution in [0.2, 0.25) is 0 Å². The third-order valence-corrected chi connectivity index (χ3v) is 8.86. The average molecular weight is 479 g/mol. The molecule has 0 bridgehead atoms. The van der Waals surface area contributed by atoms with Gasteiger partial charge in [-0.2, -0.15) is 0 Å². The molecule has 35 heavy (non-hydrogen) atoms. The summed E-state index contributed by atoms with van der Waals surface area (Å²) in [5, 5.41) is 4.40. The lowest BCUT2D eigenvalue weighted by Crippen LogP contribution is -2.65. The van der Waals surface area contributed by atoms with E-state index in [9.17, 15) is 9.59 Å². The largest absolute Gasteiger partial charge is 0.351 e. The van der Waals surface area contributed by atoms with Crippen molar-refractivity contribution in [3.05, 3.63) is 36.0 Å². The van der Waals surface area contributed by atoms with E-state index in [1.54, 1.807) is 0 Å². The van der Waals surface area contributed by atoms with E-state index in [1.807, 2.05) is 30.0 Å². The van der Waals surface area contributed by atoms with Crippen LogP contribution in [0, 0.1) is 0 Å². The first kappa shape index (κ1) is 24.4. The number of nitrogens with zero attached hydrogens (tertiary/aromatic N) is 3. The van der Waals surface area contributed by atoms with Crippen molar-refractivity contribution in [2.45, 2.75) is 102 Å². The van der Waals surface area contributed by atoms with Crippen molar-refractivity contribution in [3.63, 3.8) is 0 Å². The zero-order valence-electron chi connectivity index (χ0n) is 21.6. The van der Waals surface area contributed by atoms with Crippen LogP contribution in [-0.2, 0) is 11.3 Å². The van der Waals surface area contributed by atoms with E-state index in [0.29, 0.717) is 24.8 Å². The number of carbonyl (C=O) groups excluding carboxylic acids is 2. The van der Waals surface area contributed by atoms with Gasteiger partial charge in [0.25, 0.3) is 5.91 Å². The summed E-state index contributed by atoms with van der Waals surface area (Å²) in [4.78, 5) is 32.1. The molecule has 2 aliphatic carbocycles. The highest BCUT2D eigenvalue weighted by Crippen LogP contribution is 2.33. The monoisotopic (exact) mass is 478 g/mol. The fraction of sp³-hybridized carbons (Fsp3) is 0.655. The molecule has 0 unspecified atom stereocenters. The molecule has 3 aliphatic rings. The second kappa shape index (κ2) is 10.3. The minimum atomic E-state index is -0.896. The zero-order chi connectivity index (χ0) is 24.4. The van der Waals surface area contributed by atoms with Crippen molar-refractivity contribution >= 4 is 22.7 Å². The van der Waals surface area contributed by atoms with Crippen LogP contribution in [0.25, 0.3) is 10.9 Å². The van der Waals surface area contributed by atoms with Gasteiger partial charge in [-0.25, -0.2) is 0 Å². The van der Waals surface area contributed by atoms with Crippen molar-refractivity contribution in [3.8, 4) is 0 Å². The van der Waals surface area contributed by atoms with E-state index in [-0.39, 0.29) is 17.9 Å². The van der Waals surface area contributed by atoms with Crippen molar-refractivity contribution in [1.29, 1.82) is 0 Å². The molecule has 2 fully saturated rings. The van der Waals surface area contributed by atoms with Crippen LogP contribution < -0.4 is 5.32 Å². The molecular formula is C29H42N4O2. The smallest absolute Gasteiger partial charge is 0.271 e. The fourth-order valence-electron chi connectivity index (χ4n) is 6.63. The van der Waals surface area contributed by atoms with Crippen LogP contribution >= 0.6 is 0 Å². The van der Waals surface area contributed by atoms with Gasteiger partial charge in [0.05, 0.1) is 6.54 Å². The average Bonchev–Trinajstić information content (AvgIpc) is 3.25. The van der Waals surface area contributed by atoms with E-state index in [4.69, 9.17) is 0 Å². The summed E-state index contributed by atoms with van der Waals surface area (Å²) >= 11 is 0. The number of carbonyl (C=O) groups is 2. The molecule has 0 saturated heterocycles. The quantitative estimate of drug-likeness (QED) is 0.612. The molecule has 1 aliphatic heterocycles. The number of benzene rings is 1. The number of rotatable bonds is 7. The Hall–Kier alpha value is -2.34. The predicted molar refractivity (Wildman–Crippen MR) is 141 cm³/mol. The molecule has 1 aromatic heterocycles. The maximum atomic E-state index is 13.9. The third-order valence-electron chi connectivity index (χ3n) is 8.86. The van der Waals surface area contributed by atoms with Gasteiger partial charge in [-0.1, -0.05) is 56.7 Å². The highest BCUT2D eigenvalue weighted by Gasteiger charge is 2.47. The van der Waals surface area contributed by atoms with Crippen molar-refractivity contribution in [1.82, 2.24) is 19.7 Å². The first-order chi connectivity index (χ1) is 17.0. The molecule has 1 aromatic carbocycles. The van der Waals surface area contributed by atoms with E-state index < -0.39 is 5.54 Å². The molecule has 2 heterocycles. The molecule has 6 nitrogen and oxygen atoms in total. The number of hydrogen-bond acceptors (Lipinski definition) is 3. The Kier molecular flexibility index (Phi) is 7.19. The van der Waals surface area contributed by atoms with Crippen LogP contribution in [0.4, 0.5) is 0 Å². The molecule has 6 heteroatoms. The maximum absolute atomic E-state index is 13.9. The van der Waals surface area contributed by atoms with Crippen molar-refractivity contribution < 1.29 is 9.59 Å². The summed E-state index contributed by atoms with van der Waals surface area (Å²) < 4.78 is 2.07. The molecule has 0 spiro atoms. The number of para-hydroxylation sites is 1. The first-order valence-electron chi connectivity index (χ1n) is 13.9. The van der Waals surface area contributed by atoms with Gasteiger partial charge in [0.1, 0.15) is 11.2 Å². The summed E-state index contributed by atoms with van der Waals surface area (Å²) in [5.41, 5.74) is 0.839. The summed E-state index contributed by atoms with van der Waals surface area (Å²) in [6.07, 6.45) is 13.1. The van der Waals surface area contributed by atoms with E-state index in [1.165, 1.54) is 51.4 Å². The number of amides is 2. The third kappa shape index (κ3) is 4.87. The predicted octanol–water partition coefficient (Wildman–Crippen LogP) is 4.96. The number of hydrogen-bond donors (Lipinski definition) is 1. The topological polar surface area (TPSA) is 57.6 Å². The van der Waals surface area contributed by atoms with E-state index >= 15 is 0 Å². The van der Waals surface area contributed by atoms with E-state index in [2.05, 4.69) is 34.0 Å². The molecule has 190 valence electrons. The molecule has 2 saturated carbocycles. The second-order valence-corrected chi connectivity index (χ2v) is 11.3. The second-order valence-electron chi connectivity index (χ2n) is 11.3. The molecule has 2 aromatic rings.